The summed E-state index contributed by atoms with van der Waals surface area (Å²) in [5, 5.41) is 13.5. The molecule has 1 aliphatic rings. The molecule has 1 aromatic heterocycles. The summed E-state index contributed by atoms with van der Waals surface area (Å²) in [7, 11) is 0. The predicted molar refractivity (Wildman–Crippen MR) is 56.4 cm³/mol. The Morgan fingerprint density at radius 3 is 3.07 bits per heavy atom. The molecule has 0 aromatic carbocycles. The SMILES string of the molecule is C[C@@H](O)c1ccn(CCOCC2CC2)n1. The molecule has 84 valence electrons. The maximum Gasteiger partial charge on any atom is 0.0950 e. The van der Waals surface area contributed by atoms with Gasteiger partial charge in [-0.3, -0.25) is 4.68 Å². The predicted octanol–water partition coefficient (Wildman–Crippen LogP) is 1.36. The number of ether oxygens (including phenoxy) is 1. The van der Waals surface area contributed by atoms with Gasteiger partial charge in [-0.25, -0.2) is 0 Å². The minimum Gasteiger partial charge on any atom is -0.387 e. The first kappa shape index (κ1) is 10.6. The summed E-state index contributed by atoms with van der Waals surface area (Å²) in [6.07, 6.45) is 4.04. The van der Waals surface area contributed by atoms with Gasteiger partial charge in [0.25, 0.3) is 0 Å². The second-order valence-corrected chi connectivity index (χ2v) is 4.20. The van der Waals surface area contributed by atoms with Crippen LogP contribution < -0.4 is 0 Å². The molecule has 1 fully saturated rings. The molecule has 2 rings (SSSR count). The monoisotopic (exact) mass is 210 g/mol. The molecule has 1 N–H and O–H groups in total. The number of rotatable bonds is 6. The van der Waals surface area contributed by atoms with Crippen LogP contribution in [0.1, 0.15) is 31.6 Å². The highest BCUT2D eigenvalue weighted by Gasteiger charge is 2.20. The zero-order chi connectivity index (χ0) is 10.7. The van der Waals surface area contributed by atoms with Gasteiger partial charge >= 0.3 is 0 Å². The lowest BCUT2D eigenvalue weighted by Gasteiger charge is -2.03. The molecule has 1 aliphatic carbocycles. The third-order valence-electron chi connectivity index (χ3n) is 2.60. The number of hydrogen-bond acceptors (Lipinski definition) is 3. The molecule has 4 nitrogen and oxygen atoms in total. The lowest BCUT2D eigenvalue weighted by atomic mass is 10.3. The summed E-state index contributed by atoms with van der Waals surface area (Å²) in [5.74, 6) is 0.815. The standard InChI is InChI=1S/C11H18N2O2/c1-9(14)11-4-5-13(12-11)6-7-15-8-10-2-3-10/h4-5,9-10,14H,2-3,6-8H2,1H3/t9-/m1/s1. The Balaban J connectivity index is 1.67. The van der Waals surface area contributed by atoms with Gasteiger partial charge in [0.1, 0.15) is 0 Å². The number of aliphatic hydroxyl groups is 1. The van der Waals surface area contributed by atoms with Crippen LogP contribution in [0.2, 0.25) is 0 Å². The molecule has 1 aromatic rings. The van der Waals surface area contributed by atoms with Crippen molar-refractivity contribution in [1.82, 2.24) is 9.78 Å². The highest BCUT2D eigenvalue weighted by Crippen LogP contribution is 2.28. The summed E-state index contributed by atoms with van der Waals surface area (Å²) in [4.78, 5) is 0. The van der Waals surface area contributed by atoms with E-state index >= 15 is 0 Å². The van der Waals surface area contributed by atoms with Crippen LogP contribution in [-0.2, 0) is 11.3 Å². The summed E-state index contributed by atoms with van der Waals surface area (Å²) >= 11 is 0. The maximum absolute atomic E-state index is 9.28. The van der Waals surface area contributed by atoms with E-state index in [-0.39, 0.29) is 0 Å². The van der Waals surface area contributed by atoms with E-state index in [0.717, 1.165) is 24.8 Å². The summed E-state index contributed by atoms with van der Waals surface area (Å²) in [5.41, 5.74) is 0.720. The molecule has 0 amide bonds. The highest BCUT2D eigenvalue weighted by molar-refractivity contribution is 5.01. The summed E-state index contributed by atoms with van der Waals surface area (Å²) in [6.45, 7) is 4.08. The molecule has 1 atom stereocenters. The Kier molecular flexibility index (Phi) is 3.38. The van der Waals surface area contributed by atoms with Crippen LogP contribution in [0.5, 0.6) is 0 Å². The van der Waals surface area contributed by atoms with Gasteiger partial charge in [0, 0.05) is 12.8 Å². The Hall–Kier alpha value is -0.870. The fourth-order valence-corrected chi connectivity index (χ4v) is 1.42. The molecule has 0 spiro atoms. The van der Waals surface area contributed by atoms with Crippen molar-refractivity contribution in [3.05, 3.63) is 18.0 Å². The van der Waals surface area contributed by atoms with Crippen LogP contribution in [-0.4, -0.2) is 28.1 Å². The first-order valence-electron chi connectivity index (χ1n) is 5.55. The average Bonchev–Trinajstić information content (AvgIpc) is 2.90. The molecule has 1 heterocycles. The fourth-order valence-electron chi connectivity index (χ4n) is 1.42. The minimum atomic E-state index is -0.487. The minimum absolute atomic E-state index is 0.487. The lowest BCUT2D eigenvalue weighted by Crippen LogP contribution is -2.08. The molecular weight excluding hydrogens is 192 g/mol. The third kappa shape index (κ3) is 3.32. The van der Waals surface area contributed by atoms with Gasteiger partial charge in [0.2, 0.25) is 0 Å². The van der Waals surface area contributed by atoms with E-state index in [2.05, 4.69) is 5.10 Å². The van der Waals surface area contributed by atoms with Crippen molar-refractivity contribution in [3.63, 3.8) is 0 Å². The van der Waals surface area contributed by atoms with Crippen molar-refractivity contribution < 1.29 is 9.84 Å². The Labute approximate surface area is 89.9 Å². The van der Waals surface area contributed by atoms with Gasteiger partial charge in [0.05, 0.1) is 24.9 Å². The fraction of sp³-hybridized carbons (Fsp3) is 0.727. The number of aliphatic hydroxyl groups excluding tert-OH is 1. The van der Waals surface area contributed by atoms with Gasteiger partial charge in [-0.05, 0) is 31.7 Å². The zero-order valence-electron chi connectivity index (χ0n) is 9.09. The molecule has 0 bridgehead atoms. The van der Waals surface area contributed by atoms with E-state index in [1.807, 2.05) is 16.9 Å². The molecule has 0 unspecified atom stereocenters. The van der Waals surface area contributed by atoms with Gasteiger partial charge in [-0.15, -0.1) is 0 Å². The topological polar surface area (TPSA) is 47.3 Å². The van der Waals surface area contributed by atoms with Gasteiger partial charge in [-0.1, -0.05) is 0 Å². The number of nitrogens with zero attached hydrogens (tertiary/aromatic N) is 2. The van der Waals surface area contributed by atoms with Crippen molar-refractivity contribution in [2.24, 2.45) is 5.92 Å². The number of hydrogen-bond donors (Lipinski definition) is 1. The van der Waals surface area contributed by atoms with Crippen LogP contribution in [0.15, 0.2) is 12.3 Å². The first-order valence-corrected chi connectivity index (χ1v) is 5.55. The van der Waals surface area contributed by atoms with Crippen molar-refractivity contribution in [2.75, 3.05) is 13.2 Å². The zero-order valence-corrected chi connectivity index (χ0v) is 9.09. The first-order chi connectivity index (χ1) is 7.25. The van der Waals surface area contributed by atoms with Gasteiger partial charge < -0.3 is 9.84 Å². The van der Waals surface area contributed by atoms with Crippen molar-refractivity contribution >= 4 is 0 Å². The largest absolute Gasteiger partial charge is 0.387 e. The molecule has 0 radical (unpaired) electrons. The maximum atomic E-state index is 9.28. The van der Waals surface area contributed by atoms with Crippen LogP contribution in [0.25, 0.3) is 0 Å². The van der Waals surface area contributed by atoms with E-state index in [4.69, 9.17) is 4.74 Å². The third-order valence-corrected chi connectivity index (χ3v) is 2.60. The smallest absolute Gasteiger partial charge is 0.0950 e. The lowest BCUT2D eigenvalue weighted by molar-refractivity contribution is 0.114. The van der Waals surface area contributed by atoms with Gasteiger partial charge in [0.15, 0.2) is 0 Å². The van der Waals surface area contributed by atoms with E-state index in [0.29, 0.717) is 6.61 Å². The second-order valence-electron chi connectivity index (χ2n) is 4.20. The van der Waals surface area contributed by atoms with Crippen LogP contribution in [0.4, 0.5) is 0 Å². The van der Waals surface area contributed by atoms with Gasteiger partial charge in [-0.2, -0.15) is 5.10 Å². The molecule has 0 aliphatic heterocycles. The molecule has 4 heteroatoms. The van der Waals surface area contributed by atoms with E-state index < -0.39 is 6.10 Å². The van der Waals surface area contributed by atoms with Crippen molar-refractivity contribution in [1.29, 1.82) is 0 Å². The van der Waals surface area contributed by atoms with Crippen LogP contribution >= 0.6 is 0 Å². The molecule has 0 saturated heterocycles. The summed E-state index contributed by atoms with van der Waals surface area (Å²) in [6, 6.07) is 1.84. The van der Waals surface area contributed by atoms with Crippen molar-refractivity contribution in [2.45, 2.75) is 32.4 Å². The Morgan fingerprint density at radius 2 is 2.47 bits per heavy atom. The van der Waals surface area contributed by atoms with Crippen LogP contribution in [0, 0.1) is 5.92 Å². The summed E-state index contributed by atoms with van der Waals surface area (Å²) < 4.78 is 7.32. The molecule has 1 saturated carbocycles. The number of aromatic nitrogens is 2. The average molecular weight is 210 g/mol. The molecular formula is C11H18N2O2. The Bertz CT molecular complexity index is 305. The van der Waals surface area contributed by atoms with Crippen LogP contribution in [0.3, 0.4) is 0 Å². The Morgan fingerprint density at radius 1 is 1.67 bits per heavy atom. The quantitative estimate of drug-likeness (QED) is 0.721. The van der Waals surface area contributed by atoms with E-state index in [9.17, 15) is 5.11 Å². The second kappa shape index (κ2) is 4.77. The molecule has 15 heavy (non-hydrogen) atoms. The van der Waals surface area contributed by atoms with Crippen molar-refractivity contribution in [3.8, 4) is 0 Å². The normalized spacial score (nSPS) is 18.0. The van der Waals surface area contributed by atoms with E-state index in [1.54, 1.807) is 6.92 Å². The highest BCUT2D eigenvalue weighted by atomic mass is 16.5. The van der Waals surface area contributed by atoms with E-state index in [1.165, 1.54) is 12.8 Å².